The van der Waals surface area contributed by atoms with E-state index >= 15 is 0 Å². The lowest BCUT2D eigenvalue weighted by molar-refractivity contribution is 0.410. The van der Waals surface area contributed by atoms with Crippen molar-refractivity contribution in [3.05, 3.63) is 65.2 Å². The van der Waals surface area contributed by atoms with Crippen molar-refractivity contribution in [3.8, 4) is 5.75 Å². The maximum atomic E-state index is 5.74. The fourth-order valence-electron chi connectivity index (χ4n) is 1.92. The number of benzene rings is 2. The molecular weight excluding hydrogens is 210 g/mol. The van der Waals surface area contributed by atoms with Crippen LogP contribution in [-0.2, 0) is 13.0 Å². The molecule has 0 aliphatic heterocycles. The van der Waals surface area contributed by atoms with Crippen LogP contribution in [0.5, 0.6) is 5.75 Å². The average Bonchev–Trinajstić information content (AvgIpc) is 2.40. The van der Waals surface area contributed by atoms with E-state index in [1.807, 2.05) is 30.3 Å². The highest BCUT2D eigenvalue weighted by molar-refractivity contribution is 5.39. The number of hydrogen-bond acceptors (Lipinski definition) is 2. The lowest BCUT2D eigenvalue weighted by Gasteiger charge is -2.10. The molecule has 0 heterocycles. The molecule has 0 aliphatic rings. The zero-order chi connectivity index (χ0) is 12.1. The molecule has 0 unspecified atom stereocenters. The van der Waals surface area contributed by atoms with E-state index < -0.39 is 0 Å². The standard InChI is InChI=1S/C15H16NO/c1-17-15-9-5-4-7-13(15)10-12-6-2-3-8-14(12)11-16/h2-4,6-9H,10-11,16H2,1H3. The van der Waals surface area contributed by atoms with E-state index in [4.69, 9.17) is 10.5 Å². The van der Waals surface area contributed by atoms with Gasteiger partial charge in [-0.3, -0.25) is 0 Å². The molecule has 0 aromatic heterocycles. The lowest BCUT2D eigenvalue weighted by Crippen LogP contribution is -2.02. The highest BCUT2D eigenvalue weighted by atomic mass is 16.5. The molecule has 1 radical (unpaired) electrons. The molecule has 2 aromatic rings. The first kappa shape index (κ1) is 11.7. The summed E-state index contributed by atoms with van der Waals surface area (Å²) < 4.78 is 5.33. The highest BCUT2D eigenvalue weighted by Crippen LogP contribution is 2.22. The molecule has 2 rings (SSSR count). The Morgan fingerprint density at radius 1 is 1.12 bits per heavy atom. The third-order valence-corrected chi connectivity index (χ3v) is 2.85. The predicted octanol–water partition coefficient (Wildman–Crippen LogP) is 2.54. The van der Waals surface area contributed by atoms with Crippen molar-refractivity contribution in [3.63, 3.8) is 0 Å². The third kappa shape index (κ3) is 2.66. The van der Waals surface area contributed by atoms with Crippen LogP contribution in [0.1, 0.15) is 16.7 Å². The van der Waals surface area contributed by atoms with Gasteiger partial charge in [-0.05, 0) is 28.8 Å². The summed E-state index contributed by atoms with van der Waals surface area (Å²) >= 11 is 0. The second-order valence-electron chi connectivity index (χ2n) is 3.89. The first-order valence-corrected chi connectivity index (χ1v) is 5.65. The number of methoxy groups -OCH3 is 1. The van der Waals surface area contributed by atoms with Crippen molar-refractivity contribution in [2.45, 2.75) is 13.0 Å². The van der Waals surface area contributed by atoms with Gasteiger partial charge >= 0.3 is 0 Å². The Labute approximate surface area is 102 Å². The van der Waals surface area contributed by atoms with Gasteiger partial charge in [0, 0.05) is 13.0 Å². The first-order chi connectivity index (χ1) is 8.35. The minimum Gasteiger partial charge on any atom is -0.496 e. The fourth-order valence-corrected chi connectivity index (χ4v) is 1.92. The van der Waals surface area contributed by atoms with Crippen molar-refractivity contribution in [2.75, 3.05) is 7.11 Å². The van der Waals surface area contributed by atoms with E-state index in [0.717, 1.165) is 17.7 Å². The predicted molar refractivity (Wildman–Crippen MR) is 69.0 cm³/mol. The molecule has 0 atom stereocenters. The van der Waals surface area contributed by atoms with E-state index in [1.54, 1.807) is 7.11 Å². The molecule has 2 heteroatoms. The maximum absolute atomic E-state index is 5.74. The molecule has 0 spiro atoms. The molecule has 0 bridgehead atoms. The Hall–Kier alpha value is -1.80. The molecule has 0 fully saturated rings. The fraction of sp³-hybridized carbons (Fsp3) is 0.200. The van der Waals surface area contributed by atoms with E-state index in [9.17, 15) is 0 Å². The number of rotatable bonds is 4. The molecule has 87 valence electrons. The van der Waals surface area contributed by atoms with Gasteiger partial charge in [0.15, 0.2) is 0 Å². The molecule has 0 saturated heterocycles. The van der Waals surface area contributed by atoms with Gasteiger partial charge in [-0.15, -0.1) is 0 Å². The molecule has 0 saturated carbocycles. The van der Waals surface area contributed by atoms with Crippen LogP contribution < -0.4 is 10.5 Å². The summed E-state index contributed by atoms with van der Waals surface area (Å²) in [5.41, 5.74) is 9.33. The molecule has 0 amide bonds. The minimum atomic E-state index is 0.567. The van der Waals surface area contributed by atoms with Gasteiger partial charge in [0.05, 0.1) is 7.11 Å². The Morgan fingerprint density at radius 3 is 2.59 bits per heavy atom. The quantitative estimate of drug-likeness (QED) is 0.869. The summed E-state index contributed by atoms with van der Waals surface area (Å²) in [7, 11) is 1.68. The molecule has 2 nitrogen and oxygen atoms in total. The van der Waals surface area contributed by atoms with Crippen LogP contribution in [0.15, 0.2) is 42.5 Å². The van der Waals surface area contributed by atoms with Gasteiger partial charge in [-0.1, -0.05) is 36.4 Å². The van der Waals surface area contributed by atoms with Crippen LogP contribution in [0.25, 0.3) is 0 Å². The van der Waals surface area contributed by atoms with Gasteiger partial charge in [0.1, 0.15) is 5.75 Å². The Kier molecular flexibility index (Phi) is 3.78. The molecule has 17 heavy (non-hydrogen) atoms. The second kappa shape index (κ2) is 5.51. The number of ether oxygens (including phenoxy) is 1. The zero-order valence-corrected chi connectivity index (χ0v) is 9.94. The normalized spacial score (nSPS) is 10.2. The highest BCUT2D eigenvalue weighted by Gasteiger charge is 2.05. The summed E-state index contributed by atoms with van der Waals surface area (Å²) in [5, 5.41) is 0. The SMILES string of the molecule is COc1c[c]ccc1Cc1ccccc1CN. The smallest absolute Gasteiger partial charge is 0.123 e. The van der Waals surface area contributed by atoms with Crippen LogP contribution in [0.3, 0.4) is 0 Å². The van der Waals surface area contributed by atoms with E-state index in [2.05, 4.69) is 18.2 Å². The lowest BCUT2D eigenvalue weighted by atomic mass is 9.99. The summed E-state index contributed by atoms with van der Waals surface area (Å²) in [4.78, 5) is 0. The first-order valence-electron chi connectivity index (χ1n) is 5.65. The van der Waals surface area contributed by atoms with E-state index in [-0.39, 0.29) is 0 Å². The molecule has 2 aromatic carbocycles. The number of hydrogen-bond donors (Lipinski definition) is 1. The largest absolute Gasteiger partial charge is 0.496 e. The van der Waals surface area contributed by atoms with Crippen molar-refractivity contribution < 1.29 is 4.74 Å². The maximum Gasteiger partial charge on any atom is 0.123 e. The van der Waals surface area contributed by atoms with Crippen molar-refractivity contribution in [1.82, 2.24) is 0 Å². The minimum absolute atomic E-state index is 0.567. The zero-order valence-electron chi connectivity index (χ0n) is 9.94. The van der Waals surface area contributed by atoms with Crippen molar-refractivity contribution in [1.29, 1.82) is 0 Å². The molecule has 2 N–H and O–H groups in total. The van der Waals surface area contributed by atoms with Crippen LogP contribution in [0.2, 0.25) is 0 Å². The van der Waals surface area contributed by atoms with Crippen LogP contribution in [0, 0.1) is 6.07 Å². The molecule has 0 aliphatic carbocycles. The summed E-state index contributed by atoms with van der Waals surface area (Å²) in [6.45, 7) is 0.567. The number of nitrogens with two attached hydrogens (primary N) is 1. The second-order valence-corrected chi connectivity index (χ2v) is 3.89. The summed E-state index contributed by atoms with van der Waals surface area (Å²) in [5.74, 6) is 0.874. The van der Waals surface area contributed by atoms with Crippen molar-refractivity contribution >= 4 is 0 Å². The van der Waals surface area contributed by atoms with Gasteiger partial charge in [0.2, 0.25) is 0 Å². The Bertz CT molecular complexity index is 448. The third-order valence-electron chi connectivity index (χ3n) is 2.85. The van der Waals surface area contributed by atoms with Gasteiger partial charge in [-0.25, -0.2) is 0 Å². The van der Waals surface area contributed by atoms with E-state index in [0.29, 0.717) is 6.54 Å². The van der Waals surface area contributed by atoms with Gasteiger partial charge in [0.25, 0.3) is 0 Å². The Balaban J connectivity index is 2.31. The van der Waals surface area contributed by atoms with E-state index in [1.165, 1.54) is 11.1 Å². The topological polar surface area (TPSA) is 35.2 Å². The average molecular weight is 226 g/mol. The van der Waals surface area contributed by atoms with Gasteiger partial charge in [-0.2, -0.15) is 0 Å². The van der Waals surface area contributed by atoms with Crippen LogP contribution in [0.4, 0.5) is 0 Å². The van der Waals surface area contributed by atoms with Crippen molar-refractivity contribution in [2.24, 2.45) is 5.73 Å². The van der Waals surface area contributed by atoms with Crippen LogP contribution in [-0.4, -0.2) is 7.11 Å². The molecular formula is C15H16NO. The van der Waals surface area contributed by atoms with Crippen LogP contribution >= 0.6 is 0 Å². The Morgan fingerprint density at radius 2 is 1.88 bits per heavy atom. The summed E-state index contributed by atoms with van der Waals surface area (Å²) in [6.07, 6.45) is 0.839. The van der Waals surface area contributed by atoms with Gasteiger partial charge < -0.3 is 10.5 Å². The monoisotopic (exact) mass is 226 g/mol. The summed E-state index contributed by atoms with van der Waals surface area (Å²) in [6, 6.07) is 17.0.